The van der Waals surface area contributed by atoms with Crippen molar-refractivity contribution in [1.29, 1.82) is 0 Å². The first-order valence-electron chi connectivity index (χ1n) is 7.35. The predicted octanol–water partition coefficient (Wildman–Crippen LogP) is 2.19. The molecule has 1 N–H and O–H groups in total. The highest BCUT2D eigenvalue weighted by atomic mass is 16.3. The summed E-state index contributed by atoms with van der Waals surface area (Å²) in [6.45, 7) is 3.40. The molecule has 0 radical (unpaired) electrons. The average molecular weight is 278 g/mol. The molecule has 1 aliphatic rings. The molecule has 2 rings (SSSR count). The molecular weight excluding hydrogens is 256 g/mol. The van der Waals surface area contributed by atoms with Crippen LogP contribution in [-0.2, 0) is 4.79 Å². The molecule has 0 spiro atoms. The quantitative estimate of drug-likeness (QED) is 0.840. The lowest BCUT2D eigenvalue weighted by Crippen LogP contribution is -2.52. The molecule has 5 nitrogen and oxygen atoms in total. The summed E-state index contributed by atoms with van der Waals surface area (Å²) >= 11 is 0. The lowest BCUT2D eigenvalue weighted by molar-refractivity contribution is -0.126. The van der Waals surface area contributed by atoms with Crippen LogP contribution >= 0.6 is 0 Å². The number of likely N-dealkylation sites (tertiary alicyclic amines) is 1. The van der Waals surface area contributed by atoms with Gasteiger partial charge in [0.2, 0.25) is 5.91 Å². The molecular formula is C15H22N2O3. The van der Waals surface area contributed by atoms with Crippen molar-refractivity contribution in [3.05, 3.63) is 24.2 Å². The van der Waals surface area contributed by atoms with Crippen molar-refractivity contribution < 1.29 is 14.0 Å². The molecule has 2 heterocycles. The van der Waals surface area contributed by atoms with Crippen LogP contribution < -0.4 is 5.32 Å². The van der Waals surface area contributed by atoms with Crippen LogP contribution in [0.25, 0.3) is 0 Å². The zero-order valence-electron chi connectivity index (χ0n) is 11.9. The highest BCUT2D eigenvalue weighted by molar-refractivity contribution is 5.97. The number of hydrogen-bond acceptors (Lipinski definition) is 3. The zero-order chi connectivity index (χ0) is 14.4. The number of furan rings is 1. The molecule has 1 saturated heterocycles. The summed E-state index contributed by atoms with van der Waals surface area (Å²) < 4.78 is 4.95. The van der Waals surface area contributed by atoms with Gasteiger partial charge in [0, 0.05) is 13.1 Å². The Kier molecular flexibility index (Phi) is 5.21. The van der Waals surface area contributed by atoms with Gasteiger partial charge in [-0.3, -0.25) is 9.59 Å². The minimum absolute atomic E-state index is 0.0324. The molecule has 20 heavy (non-hydrogen) atoms. The van der Waals surface area contributed by atoms with Gasteiger partial charge < -0.3 is 14.6 Å². The SMILES string of the molecule is CCCCNC(=O)[C@@H]1CCCCN1C(=O)c1ccoc1. The first kappa shape index (κ1) is 14.6. The molecule has 1 aliphatic heterocycles. The number of nitrogens with zero attached hydrogens (tertiary/aromatic N) is 1. The molecule has 5 heteroatoms. The monoisotopic (exact) mass is 278 g/mol. The first-order valence-corrected chi connectivity index (χ1v) is 7.35. The highest BCUT2D eigenvalue weighted by Crippen LogP contribution is 2.20. The maximum atomic E-state index is 12.4. The minimum atomic E-state index is -0.344. The standard InChI is InChI=1S/C15H22N2O3/c1-2-3-8-16-14(18)13-6-4-5-9-17(13)15(19)12-7-10-20-11-12/h7,10-11,13H,2-6,8-9H2,1H3,(H,16,18)/t13-/m0/s1. The van der Waals surface area contributed by atoms with Crippen LogP contribution in [0.2, 0.25) is 0 Å². The molecule has 1 atom stereocenters. The van der Waals surface area contributed by atoms with Gasteiger partial charge in [0.15, 0.2) is 0 Å². The maximum Gasteiger partial charge on any atom is 0.257 e. The third-order valence-electron chi connectivity index (χ3n) is 3.66. The number of rotatable bonds is 5. The van der Waals surface area contributed by atoms with Crippen molar-refractivity contribution >= 4 is 11.8 Å². The van der Waals surface area contributed by atoms with E-state index in [1.807, 2.05) is 0 Å². The molecule has 0 saturated carbocycles. The second kappa shape index (κ2) is 7.12. The first-order chi connectivity index (χ1) is 9.74. The molecule has 1 aromatic heterocycles. The summed E-state index contributed by atoms with van der Waals surface area (Å²) in [6, 6.07) is 1.30. The fourth-order valence-electron chi connectivity index (χ4n) is 2.51. The van der Waals surface area contributed by atoms with Crippen LogP contribution in [0, 0.1) is 0 Å². The summed E-state index contributed by atoms with van der Waals surface area (Å²) in [5.41, 5.74) is 0.512. The van der Waals surface area contributed by atoms with Gasteiger partial charge >= 0.3 is 0 Å². The van der Waals surface area contributed by atoms with E-state index in [2.05, 4.69) is 12.2 Å². The van der Waals surface area contributed by atoms with Crippen LogP contribution in [0.4, 0.5) is 0 Å². The van der Waals surface area contributed by atoms with Gasteiger partial charge in [0.05, 0.1) is 11.8 Å². The van der Waals surface area contributed by atoms with Gasteiger partial charge in [0.25, 0.3) is 5.91 Å². The molecule has 0 bridgehead atoms. The van der Waals surface area contributed by atoms with E-state index < -0.39 is 0 Å². The Morgan fingerprint density at radius 1 is 1.45 bits per heavy atom. The average Bonchev–Trinajstić information content (AvgIpc) is 3.01. The number of nitrogens with one attached hydrogen (secondary N) is 1. The Hall–Kier alpha value is -1.78. The Balaban J connectivity index is 2.01. The summed E-state index contributed by atoms with van der Waals surface area (Å²) in [5, 5.41) is 2.93. The van der Waals surface area contributed by atoms with E-state index >= 15 is 0 Å². The van der Waals surface area contributed by atoms with Crippen LogP contribution in [0.3, 0.4) is 0 Å². The van der Waals surface area contributed by atoms with E-state index in [0.717, 1.165) is 32.1 Å². The van der Waals surface area contributed by atoms with Crippen molar-refractivity contribution in [3.63, 3.8) is 0 Å². The highest BCUT2D eigenvalue weighted by Gasteiger charge is 2.32. The molecule has 0 unspecified atom stereocenters. The van der Waals surface area contributed by atoms with Gasteiger partial charge in [-0.05, 0) is 31.7 Å². The molecule has 0 aromatic carbocycles. The summed E-state index contributed by atoms with van der Waals surface area (Å²) in [4.78, 5) is 26.3. The second-order valence-electron chi connectivity index (χ2n) is 5.17. The minimum Gasteiger partial charge on any atom is -0.472 e. The van der Waals surface area contributed by atoms with Crippen molar-refractivity contribution in [3.8, 4) is 0 Å². The number of carbonyl (C=O) groups is 2. The van der Waals surface area contributed by atoms with Gasteiger partial charge in [-0.25, -0.2) is 0 Å². The summed E-state index contributed by atoms with van der Waals surface area (Å²) in [7, 11) is 0. The molecule has 110 valence electrons. The fraction of sp³-hybridized carbons (Fsp3) is 0.600. The van der Waals surface area contributed by atoms with Crippen LogP contribution in [-0.4, -0.2) is 35.8 Å². The van der Waals surface area contributed by atoms with Gasteiger partial charge in [-0.1, -0.05) is 13.3 Å². The molecule has 0 aliphatic carbocycles. The number of carbonyl (C=O) groups excluding carboxylic acids is 2. The van der Waals surface area contributed by atoms with Crippen molar-refractivity contribution in [2.24, 2.45) is 0 Å². The van der Waals surface area contributed by atoms with Gasteiger partial charge in [-0.2, -0.15) is 0 Å². The number of unbranched alkanes of at least 4 members (excludes halogenated alkanes) is 1. The van der Waals surface area contributed by atoms with E-state index in [4.69, 9.17) is 4.42 Å². The molecule has 2 amide bonds. The molecule has 1 aromatic rings. The normalized spacial score (nSPS) is 18.9. The van der Waals surface area contributed by atoms with Gasteiger partial charge in [-0.15, -0.1) is 0 Å². The lowest BCUT2D eigenvalue weighted by Gasteiger charge is -2.34. The zero-order valence-corrected chi connectivity index (χ0v) is 11.9. The van der Waals surface area contributed by atoms with Crippen LogP contribution in [0.5, 0.6) is 0 Å². The smallest absolute Gasteiger partial charge is 0.257 e. The molecule has 1 fully saturated rings. The number of hydrogen-bond donors (Lipinski definition) is 1. The largest absolute Gasteiger partial charge is 0.472 e. The Morgan fingerprint density at radius 3 is 3.00 bits per heavy atom. The Morgan fingerprint density at radius 2 is 2.30 bits per heavy atom. The van der Waals surface area contributed by atoms with E-state index in [-0.39, 0.29) is 17.9 Å². The Bertz CT molecular complexity index is 442. The van der Waals surface area contributed by atoms with Crippen LogP contribution in [0.15, 0.2) is 23.0 Å². The maximum absolute atomic E-state index is 12.4. The van der Waals surface area contributed by atoms with E-state index in [0.29, 0.717) is 18.7 Å². The van der Waals surface area contributed by atoms with E-state index in [1.54, 1.807) is 11.0 Å². The predicted molar refractivity (Wildman–Crippen MR) is 75.3 cm³/mol. The van der Waals surface area contributed by atoms with E-state index in [1.165, 1.54) is 12.5 Å². The third-order valence-corrected chi connectivity index (χ3v) is 3.66. The number of piperidine rings is 1. The third kappa shape index (κ3) is 3.40. The van der Waals surface area contributed by atoms with Crippen molar-refractivity contribution in [2.75, 3.05) is 13.1 Å². The van der Waals surface area contributed by atoms with Crippen molar-refractivity contribution in [2.45, 2.75) is 45.1 Å². The lowest BCUT2D eigenvalue weighted by atomic mass is 10.0. The summed E-state index contributed by atoms with van der Waals surface area (Å²) in [6.07, 6.45) is 7.60. The second-order valence-corrected chi connectivity index (χ2v) is 5.17. The number of amides is 2. The van der Waals surface area contributed by atoms with E-state index in [9.17, 15) is 9.59 Å². The van der Waals surface area contributed by atoms with Gasteiger partial charge in [0.1, 0.15) is 12.3 Å². The Labute approximate surface area is 119 Å². The van der Waals surface area contributed by atoms with Crippen molar-refractivity contribution in [1.82, 2.24) is 10.2 Å². The van der Waals surface area contributed by atoms with Crippen LogP contribution in [0.1, 0.15) is 49.4 Å². The topological polar surface area (TPSA) is 62.6 Å². The fourth-order valence-corrected chi connectivity index (χ4v) is 2.51. The summed E-state index contributed by atoms with van der Waals surface area (Å²) in [5.74, 6) is -0.149.